The molecule has 1 aliphatic heterocycles. The largest absolute Gasteiger partial charge is 0.491 e. The quantitative estimate of drug-likeness (QED) is 0.426. The molecule has 1 aromatic heterocycles. The Morgan fingerprint density at radius 1 is 1.16 bits per heavy atom. The molecule has 0 aliphatic carbocycles. The number of urea groups is 1. The summed E-state index contributed by atoms with van der Waals surface area (Å²) >= 11 is 5.88. The number of aliphatic carboxylic acids is 1. The van der Waals surface area contributed by atoms with Gasteiger partial charge in [-0.05, 0) is 42.0 Å². The van der Waals surface area contributed by atoms with Gasteiger partial charge in [0, 0.05) is 17.8 Å². The van der Waals surface area contributed by atoms with Crippen LogP contribution in [0.4, 0.5) is 28.0 Å². The van der Waals surface area contributed by atoms with E-state index in [1.54, 1.807) is 58.4 Å². The van der Waals surface area contributed by atoms with Gasteiger partial charge in [-0.1, -0.05) is 23.7 Å². The SMILES string of the molecule is O=C(Nc1cnn(Cc2ccc(F)cc2)c1)N1CCOC(COc2ccc(Cl)cc2)C1.O=C(O)C(F)(F)F. The van der Waals surface area contributed by atoms with E-state index < -0.39 is 12.1 Å². The highest BCUT2D eigenvalue weighted by atomic mass is 35.5. The summed E-state index contributed by atoms with van der Waals surface area (Å²) in [7, 11) is 0. The van der Waals surface area contributed by atoms with Gasteiger partial charge < -0.3 is 24.8 Å². The lowest BCUT2D eigenvalue weighted by atomic mass is 10.2. The van der Waals surface area contributed by atoms with Gasteiger partial charge in [0.25, 0.3) is 0 Å². The van der Waals surface area contributed by atoms with Crippen LogP contribution >= 0.6 is 11.6 Å². The van der Waals surface area contributed by atoms with Crippen molar-refractivity contribution in [3.63, 3.8) is 0 Å². The second-order valence-corrected chi connectivity index (χ2v) is 8.43. The van der Waals surface area contributed by atoms with Crippen LogP contribution in [0.3, 0.4) is 0 Å². The number of amides is 2. The molecule has 0 spiro atoms. The molecule has 9 nitrogen and oxygen atoms in total. The second kappa shape index (κ2) is 13.1. The molecule has 38 heavy (non-hydrogen) atoms. The molecule has 3 aromatic rings. The van der Waals surface area contributed by atoms with E-state index in [1.165, 1.54) is 12.1 Å². The topological polar surface area (TPSA) is 106 Å². The van der Waals surface area contributed by atoms with Crippen molar-refractivity contribution in [1.29, 1.82) is 0 Å². The number of hydrogen-bond donors (Lipinski definition) is 2. The number of carboxylic acids is 1. The Morgan fingerprint density at radius 2 is 1.82 bits per heavy atom. The van der Waals surface area contributed by atoms with Gasteiger partial charge >= 0.3 is 18.2 Å². The number of alkyl halides is 3. The van der Waals surface area contributed by atoms with Gasteiger partial charge in [-0.15, -0.1) is 0 Å². The summed E-state index contributed by atoms with van der Waals surface area (Å²) in [5.41, 5.74) is 1.51. The molecule has 2 heterocycles. The minimum Gasteiger partial charge on any atom is -0.491 e. The zero-order valence-electron chi connectivity index (χ0n) is 19.7. The molecular weight excluding hydrogens is 536 g/mol. The van der Waals surface area contributed by atoms with E-state index in [9.17, 15) is 22.4 Å². The van der Waals surface area contributed by atoms with Crippen LogP contribution in [0.15, 0.2) is 60.9 Å². The van der Waals surface area contributed by atoms with Crippen LogP contribution in [-0.4, -0.2) is 70.4 Å². The van der Waals surface area contributed by atoms with Crippen molar-refractivity contribution in [3.05, 3.63) is 77.3 Å². The number of nitrogens with zero attached hydrogens (tertiary/aromatic N) is 3. The molecule has 2 aromatic carbocycles. The number of nitrogens with one attached hydrogen (secondary N) is 1. The van der Waals surface area contributed by atoms with Gasteiger partial charge in [-0.2, -0.15) is 18.3 Å². The Bertz CT molecular complexity index is 1210. The third kappa shape index (κ3) is 9.23. The average molecular weight is 559 g/mol. The first-order valence-corrected chi connectivity index (χ1v) is 11.5. The Balaban J connectivity index is 0.000000505. The number of benzene rings is 2. The van der Waals surface area contributed by atoms with Crippen LogP contribution in [0.25, 0.3) is 0 Å². The molecule has 1 atom stereocenters. The molecule has 204 valence electrons. The fourth-order valence-electron chi connectivity index (χ4n) is 3.22. The van der Waals surface area contributed by atoms with Crippen LogP contribution in [0.1, 0.15) is 5.56 Å². The smallest absolute Gasteiger partial charge is 0.490 e. The molecule has 4 rings (SSSR count). The number of hydrogen-bond acceptors (Lipinski definition) is 5. The summed E-state index contributed by atoms with van der Waals surface area (Å²) < 4.78 is 57.9. The van der Waals surface area contributed by atoms with Crippen LogP contribution < -0.4 is 10.1 Å². The highest BCUT2D eigenvalue weighted by Gasteiger charge is 2.38. The van der Waals surface area contributed by atoms with Crippen molar-refractivity contribution in [3.8, 4) is 5.75 Å². The van der Waals surface area contributed by atoms with Crippen molar-refractivity contribution < 1.29 is 41.7 Å². The first-order chi connectivity index (χ1) is 18.0. The standard InChI is InChI=1S/C22H22ClFN4O3.C2HF3O2/c23-17-3-7-20(8-4-17)31-15-21-14-27(9-10-30-21)22(29)26-19-11-25-28(13-19)12-16-1-5-18(24)6-2-16;3-2(4,5)1(6)7/h1-8,11,13,21H,9-10,12,14-15H2,(H,26,29);(H,6,7). The third-order valence-corrected chi connectivity index (χ3v) is 5.31. The normalized spacial score (nSPS) is 15.3. The van der Waals surface area contributed by atoms with Gasteiger partial charge in [-0.25, -0.2) is 14.0 Å². The molecular formula is C24H23ClF4N4O5. The van der Waals surface area contributed by atoms with Crippen molar-refractivity contribution in [2.24, 2.45) is 0 Å². The summed E-state index contributed by atoms with van der Waals surface area (Å²) in [6, 6.07) is 13.1. The Hall–Kier alpha value is -3.84. The van der Waals surface area contributed by atoms with Gasteiger partial charge in [0.05, 0.1) is 31.6 Å². The number of halogens is 5. The molecule has 14 heteroatoms. The second-order valence-electron chi connectivity index (χ2n) is 7.99. The van der Waals surface area contributed by atoms with E-state index in [4.69, 9.17) is 31.0 Å². The number of carbonyl (C=O) groups is 2. The molecule has 2 amide bonds. The summed E-state index contributed by atoms with van der Waals surface area (Å²) in [6.07, 6.45) is -1.98. The average Bonchev–Trinajstić information content (AvgIpc) is 3.31. The summed E-state index contributed by atoms with van der Waals surface area (Å²) in [6.45, 7) is 2.17. The van der Waals surface area contributed by atoms with E-state index in [0.717, 1.165) is 5.56 Å². The lowest BCUT2D eigenvalue weighted by molar-refractivity contribution is -0.192. The number of carbonyl (C=O) groups excluding carboxylic acids is 1. The fraction of sp³-hybridized carbons (Fsp3) is 0.292. The predicted molar refractivity (Wildman–Crippen MR) is 129 cm³/mol. The molecule has 0 bridgehead atoms. The van der Waals surface area contributed by atoms with Crippen molar-refractivity contribution >= 4 is 29.3 Å². The van der Waals surface area contributed by atoms with Gasteiger partial charge in [0.2, 0.25) is 0 Å². The number of aromatic nitrogens is 2. The molecule has 1 saturated heterocycles. The number of carboxylic acid groups (broad SMARTS) is 1. The molecule has 0 saturated carbocycles. The summed E-state index contributed by atoms with van der Waals surface area (Å²) in [5, 5.41) is 14.9. The molecule has 1 fully saturated rings. The monoisotopic (exact) mass is 558 g/mol. The minimum absolute atomic E-state index is 0.221. The van der Waals surface area contributed by atoms with E-state index in [0.29, 0.717) is 49.3 Å². The number of rotatable bonds is 6. The zero-order valence-corrected chi connectivity index (χ0v) is 20.5. The molecule has 2 N–H and O–H groups in total. The van der Waals surface area contributed by atoms with Crippen LogP contribution in [0.2, 0.25) is 5.02 Å². The summed E-state index contributed by atoms with van der Waals surface area (Å²) in [5.74, 6) is -2.34. The Kier molecular flexibility index (Phi) is 9.91. The van der Waals surface area contributed by atoms with Gasteiger partial charge in [0.15, 0.2) is 0 Å². The first kappa shape index (κ1) is 28.7. The molecule has 1 aliphatic rings. The lowest BCUT2D eigenvalue weighted by Gasteiger charge is -2.32. The predicted octanol–water partition coefficient (Wildman–Crippen LogP) is 4.67. The van der Waals surface area contributed by atoms with E-state index in [1.807, 2.05) is 0 Å². The van der Waals surface area contributed by atoms with E-state index in [2.05, 4.69) is 10.4 Å². The minimum atomic E-state index is -5.08. The lowest BCUT2D eigenvalue weighted by Crippen LogP contribution is -2.49. The van der Waals surface area contributed by atoms with E-state index in [-0.39, 0.29) is 18.0 Å². The Labute approximate surface area is 219 Å². The van der Waals surface area contributed by atoms with Crippen molar-refractivity contribution in [1.82, 2.24) is 14.7 Å². The van der Waals surface area contributed by atoms with Crippen LogP contribution in [0, 0.1) is 5.82 Å². The number of ether oxygens (including phenoxy) is 2. The molecule has 0 radical (unpaired) electrons. The maximum absolute atomic E-state index is 13.0. The maximum atomic E-state index is 13.0. The zero-order chi connectivity index (χ0) is 27.7. The molecule has 1 unspecified atom stereocenters. The first-order valence-electron chi connectivity index (χ1n) is 11.1. The number of anilines is 1. The number of morpholine rings is 1. The van der Waals surface area contributed by atoms with Crippen LogP contribution in [-0.2, 0) is 16.1 Å². The Morgan fingerprint density at radius 3 is 2.45 bits per heavy atom. The van der Waals surface area contributed by atoms with Gasteiger partial charge in [-0.3, -0.25) is 4.68 Å². The summed E-state index contributed by atoms with van der Waals surface area (Å²) in [4.78, 5) is 23.2. The highest BCUT2D eigenvalue weighted by Crippen LogP contribution is 2.17. The third-order valence-electron chi connectivity index (χ3n) is 5.06. The van der Waals surface area contributed by atoms with E-state index >= 15 is 0 Å². The van der Waals surface area contributed by atoms with Crippen molar-refractivity contribution in [2.45, 2.75) is 18.8 Å². The van der Waals surface area contributed by atoms with Crippen molar-refractivity contribution in [2.75, 3.05) is 31.6 Å². The highest BCUT2D eigenvalue weighted by molar-refractivity contribution is 6.30. The van der Waals surface area contributed by atoms with Crippen LogP contribution in [0.5, 0.6) is 5.75 Å². The maximum Gasteiger partial charge on any atom is 0.490 e. The van der Waals surface area contributed by atoms with Gasteiger partial charge in [0.1, 0.15) is 24.3 Å². The fourth-order valence-corrected chi connectivity index (χ4v) is 3.34.